The molecule has 1 saturated heterocycles. The fourth-order valence-corrected chi connectivity index (χ4v) is 3.78. The Bertz CT molecular complexity index is 545. The van der Waals surface area contributed by atoms with Crippen molar-refractivity contribution in [2.45, 2.75) is 37.7 Å². The summed E-state index contributed by atoms with van der Waals surface area (Å²) >= 11 is 1.68. The normalized spacial score (nSPS) is 26.2. The lowest BCUT2D eigenvalue weighted by Crippen LogP contribution is -2.30. The van der Waals surface area contributed by atoms with Gasteiger partial charge < -0.3 is 14.8 Å². The Morgan fingerprint density at radius 1 is 1.27 bits per heavy atom. The quantitative estimate of drug-likeness (QED) is 0.751. The van der Waals surface area contributed by atoms with E-state index in [0.29, 0.717) is 29.6 Å². The number of fused-ring (bicyclic) bond motifs is 1. The van der Waals surface area contributed by atoms with Gasteiger partial charge in [-0.1, -0.05) is 6.07 Å². The predicted octanol–water partition coefficient (Wildman–Crippen LogP) is 1.02. The highest BCUT2D eigenvalue weighted by Crippen LogP contribution is 2.32. The largest absolute Gasteiger partial charge is 0.454 e. The minimum Gasteiger partial charge on any atom is -0.454 e. The van der Waals surface area contributed by atoms with E-state index >= 15 is 0 Å². The van der Waals surface area contributed by atoms with Crippen molar-refractivity contribution in [1.82, 2.24) is 16.2 Å². The molecule has 1 amide bonds. The van der Waals surface area contributed by atoms with Crippen LogP contribution in [-0.2, 0) is 11.3 Å². The molecule has 2 atom stereocenters. The summed E-state index contributed by atoms with van der Waals surface area (Å²) in [7, 11) is 0. The van der Waals surface area contributed by atoms with E-state index in [1.807, 2.05) is 18.2 Å². The summed E-state index contributed by atoms with van der Waals surface area (Å²) in [6.07, 6.45) is 0. The SMILES string of the molecule is CC1NNC(C)C1SCC(=O)NCc1ccc2c(c1)OCO2. The van der Waals surface area contributed by atoms with Crippen molar-refractivity contribution in [3.8, 4) is 11.5 Å². The lowest BCUT2D eigenvalue weighted by atomic mass is 10.2. The molecule has 1 aromatic rings. The molecule has 0 spiro atoms. The molecule has 0 aromatic heterocycles. The van der Waals surface area contributed by atoms with Crippen LogP contribution in [0.25, 0.3) is 0 Å². The predicted molar refractivity (Wildman–Crippen MR) is 85.9 cm³/mol. The Labute approximate surface area is 134 Å². The minimum absolute atomic E-state index is 0.0500. The second kappa shape index (κ2) is 6.76. The minimum atomic E-state index is 0.0500. The number of thioether (sulfide) groups is 1. The first-order valence-corrected chi connectivity index (χ1v) is 8.46. The number of hydrazine groups is 1. The van der Waals surface area contributed by atoms with Crippen molar-refractivity contribution in [3.05, 3.63) is 23.8 Å². The van der Waals surface area contributed by atoms with Gasteiger partial charge in [0.05, 0.1) is 5.75 Å². The van der Waals surface area contributed by atoms with E-state index in [1.54, 1.807) is 11.8 Å². The number of amides is 1. The lowest BCUT2D eigenvalue weighted by Gasteiger charge is -2.16. The fourth-order valence-electron chi connectivity index (χ4n) is 2.62. The number of carbonyl (C=O) groups excluding carboxylic acids is 1. The van der Waals surface area contributed by atoms with Crippen LogP contribution in [0.2, 0.25) is 0 Å². The first kappa shape index (κ1) is 15.5. The van der Waals surface area contributed by atoms with E-state index in [9.17, 15) is 4.79 Å². The van der Waals surface area contributed by atoms with Gasteiger partial charge in [0.1, 0.15) is 0 Å². The molecule has 22 heavy (non-hydrogen) atoms. The Morgan fingerprint density at radius 3 is 2.77 bits per heavy atom. The highest BCUT2D eigenvalue weighted by molar-refractivity contribution is 8.00. The molecule has 6 nitrogen and oxygen atoms in total. The van der Waals surface area contributed by atoms with Gasteiger partial charge in [0.2, 0.25) is 12.7 Å². The third-order valence-corrected chi connectivity index (χ3v) is 5.49. The van der Waals surface area contributed by atoms with Crippen LogP contribution < -0.4 is 25.6 Å². The summed E-state index contributed by atoms with van der Waals surface area (Å²) in [5.41, 5.74) is 7.40. The van der Waals surface area contributed by atoms with Crippen LogP contribution in [0.15, 0.2) is 18.2 Å². The van der Waals surface area contributed by atoms with Crippen LogP contribution in [0, 0.1) is 0 Å². The number of nitrogens with one attached hydrogen (secondary N) is 3. The van der Waals surface area contributed by atoms with Gasteiger partial charge in [-0.2, -0.15) is 0 Å². The number of carbonyl (C=O) groups is 1. The number of hydrogen-bond donors (Lipinski definition) is 3. The summed E-state index contributed by atoms with van der Waals surface area (Å²) < 4.78 is 10.6. The molecule has 2 heterocycles. The van der Waals surface area contributed by atoms with Gasteiger partial charge in [0.15, 0.2) is 11.5 Å². The van der Waals surface area contributed by atoms with Crippen molar-refractivity contribution in [3.63, 3.8) is 0 Å². The lowest BCUT2D eigenvalue weighted by molar-refractivity contribution is -0.118. The summed E-state index contributed by atoms with van der Waals surface area (Å²) in [4.78, 5) is 12.0. The van der Waals surface area contributed by atoms with Crippen LogP contribution in [0.5, 0.6) is 11.5 Å². The molecular weight excluding hydrogens is 302 g/mol. The number of rotatable bonds is 5. The number of benzene rings is 1. The van der Waals surface area contributed by atoms with Crippen LogP contribution in [0.3, 0.4) is 0 Å². The van der Waals surface area contributed by atoms with Gasteiger partial charge in [-0.15, -0.1) is 11.8 Å². The van der Waals surface area contributed by atoms with Crippen LogP contribution in [-0.4, -0.2) is 35.8 Å². The Kier molecular flexibility index (Phi) is 4.75. The summed E-state index contributed by atoms with van der Waals surface area (Å²) in [6, 6.07) is 6.45. The van der Waals surface area contributed by atoms with E-state index < -0.39 is 0 Å². The second-order valence-corrected chi connectivity index (χ2v) is 6.77. The zero-order valence-electron chi connectivity index (χ0n) is 12.7. The maximum absolute atomic E-state index is 12.0. The Morgan fingerprint density at radius 2 is 2.00 bits per heavy atom. The third kappa shape index (κ3) is 3.48. The van der Waals surface area contributed by atoms with E-state index in [1.165, 1.54) is 0 Å². The second-order valence-electron chi connectivity index (χ2n) is 5.61. The molecule has 3 rings (SSSR count). The zero-order valence-corrected chi connectivity index (χ0v) is 13.5. The molecule has 2 aliphatic heterocycles. The van der Waals surface area contributed by atoms with Crippen molar-refractivity contribution >= 4 is 17.7 Å². The van der Waals surface area contributed by atoms with E-state index in [-0.39, 0.29) is 12.7 Å². The van der Waals surface area contributed by atoms with Gasteiger partial charge in [-0.25, -0.2) is 0 Å². The molecule has 0 radical (unpaired) electrons. The van der Waals surface area contributed by atoms with Crippen LogP contribution >= 0.6 is 11.8 Å². The van der Waals surface area contributed by atoms with Crippen LogP contribution in [0.4, 0.5) is 0 Å². The van der Waals surface area contributed by atoms with E-state index in [4.69, 9.17) is 9.47 Å². The Hall–Kier alpha value is -1.44. The first-order valence-electron chi connectivity index (χ1n) is 7.41. The average molecular weight is 323 g/mol. The monoisotopic (exact) mass is 323 g/mol. The smallest absolute Gasteiger partial charge is 0.231 e. The maximum atomic E-state index is 12.0. The van der Waals surface area contributed by atoms with Gasteiger partial charge in [-0.3, -0.25) is 15.6 Å². The van der Waals surface area contributed by atoms with Gasteiger partial charge in [0.25, 0.3) is 0 Å². The first-order chi connectivity index (χ1) is 10.6. The van der Waals surface area contributed by atoms with E-state index in [2.05, 4.69) is 30.0 Å². The summed E-state index contributed by atoms with van der Waals surface area (Å²) in [5.74, 6) is 2.02. The highest BCUT2D eigenvalue weighted by atomic mass is 32.2. The molecule has 2 aliphatic rings. The van der Waals surface area contributed by atoms with Crippen molar-refractivity contribution in [1.29, 1.82) is 0 Å². The molecular formula is C15H21N3O3S. The molecule has 0 saturated carbocycles. The fraction of sp³-hybridized carbons (Fsp3) is 0.533. The molecule has 1 aromatic carbocycles. The summed E-state index contributed by atoms with van der Waals surface area (Å²) in [5, 5.41) is 3.35. The number of ether oxygens (including phenoxy) is 2. The van der Waals surface area contributed by atoms with Crippen molar-refractivity contribution in [2.24, 2.45) is 0 Å². The molecule has 120 valence electrons. The molecule has 0 bridgehead atoms. The molecule has 7 heteroatoms. The standard InChI is InChI=1S/C15H21N3O3S/c1-9-15(10(2)18-17-9)22-7-14(19)16-6-11-3-4-12-13(5-11)21-8-20-12/h3-5,9-10,15,17-18H,6-8H2,1-2H3,(H,16,19). The van der Waals surface area contributed by atoms with Crippen molar-refractivity contribution in [2.75, 3.05) is 12.5 Å². The third-order valence-electron chi connectivity index (χ3n) is 3.86. The van der Waals surface area contributed by atoms with Gasteiger partial charge in [0, 0.05) is 23.9 Å². The van der Waals surface area contributed by atoms with E-state index in [0.717, 1.165) is 17.1 Å². The van der Waals surface area contributed by atoms with Crippen molar-refractivity contribution < 1.29 is 14.3 Å². The van der Waals surface area contributed by atoms with Gasteiger partial charge in [-0.05, 0) is 31.5 Å². The molecule has 3 N–H and O–H groups in total. The highest BCUT2D eigenvalue weighted by Gasteiger charge is 2.30. The number of hydrogen-bond acceptors (Lipinski definition) is 6. The topological polar surface area (TPSA) is 71.6 Å². The zero-order chi connectivity index (χ0) is 15.5. The maximum Gasteiger partial charge on any atom is 0.231 e. The molecule has 1 fully saturated rings. The van der Waals surface area contributed by atoms with Gasteiger partial charge >= 0.3 is 0 Å². The molecule has 0 aliphatic carbocycles. The average Bonchev–Trinajstić information content (AvgIpc) is 3.10. The van der Waals surface area contributed by atoms with Crippen LogP contribution in [0.1, 0.15) is 19.4 Å². The molecule has 2 unspecified atom stereocenters. The Balaban J connectivity index is 1.44. The summed E-state index contributed by atoms with van der Waals surface area (Å²) in [6.45, 7) is 5.02.